The lowest BCUT2D eigenvalue weighted by Crippen LogP contribution is -2.70. The van der Waals surface area contributed by atoms with Crippen molar-refractivity contribution < 1.29 is 204 Å². The Hall–Kier alpha value is -3.50. The fraction of sp³-hybridized carbons (Fsp3) is 0.969. The zero-order valence-electron chi connectivity index (χ0n) is 86.7. The van der Waals surface area contributed by atoms with Gasteiger partial charge >= 0.3 is 53.7 Å². The molecule has 1 atom stereocenters. The van der Waals surface area contributed by atoms with Gasteiger partial charge in [0.15, 0.2) is 0 Å². The summed E-state index contributed by atoms with van der Waals surface area (Å²) in [5.41, 5.74) is -1.80. The van der Waals surface area contributed by atoms with E-state index in [0.717, 1.165) is 19.3 Å². The van der Waals surface area contributed by atoms with E-state index in [9.17, 15) is 71.5 Å². The van der Waals surface area contributed by atoms with Crippen LogP contribution in [0.4, 0.5) is 57.1 Å². The Morgan fingerprint density at radius 3 is 0.574 bits per heavy atom. The quantitative estimate of drug-likeness (QED) is 0.0236. The molecule has 846 valence electrons. The minimum atomic E-state index is -7.94. The number of halogens is 13. The second-order valence-electron chi connectivity index (χ2n) is 33.5. The van der Waals surface area contributed by atoms with Gasteiger partial charge in [-0.1, -0.05) is 150 Å². The van der Waals surface area contributed by atoms with Gasteiger partial charge in [0.05, 0.1) is 360 Å². The van der Waals surface area contributed by atoms with Crippen LogP contribution >= 0.6 is 0 Å². The number of ether oxygens (including phenoxy) is 28. The first-order valence-electron chi connectivity index (χ1n) is 50.5. The minimum absolute atomic E-state index is 0.0232. The van der Waals surface area contributed by atoms with Crippen LogP contribution in [0.25, 0.3) is 0 Å². The van der Waals surface area contributed by atoms with E-state index in [4.69, 9.17) is 128 Å². The predicted octanol–water partition coefficient (Wildman–Crippen LogP) is 17.1. The number of esters is 3. The van der Waals surface area contributed by atoms with Crippen LogP contribution < -0.4 is 0 Å². The maximum absolute atomic E-state index is 13.5. The normalized spacial score (nSPS) is 12.7. The van der Waals surface area contributed by atoms with Gasteiger partial charge in [0, 0.05) is 7.11 Å². The Labute approximate surface area is 832 Å². The standard InChI is InChI=1S/C57H114O27.C26H52O2.C14H15F13O2/c1-5-57(2,3)56(58)84-55-54-83-53-52-82-51-50-81-49-48-80-47-46-79-45-44-78-43-42-77-41-40-76-39-38-75-37-36-74-35-34-73-33-32-72-31-30-71-29-28-70-27-26-69-25-24-68-23-22-67-21-20-66-19-18-65-17-16-64-15-14-63-13-12-62-11-10-61-9-8-60-7-6-59-4;1-4-6-7-8-9-10-11-12-13-14-15-16-17-18-19-20-21-22-23-24-28-26(27)25(3)5-2;1-4-8(2,3)7(28)29-6-5-9(15,16)10(17,18)11(19,20)12(21,22)13(23,24)14(25,26)27/h5-55H2,1-4H3;25H,4-24H2,1-3H3;4-6H2,1-3H3. The number of alkyl halides is 13. The number of unbranched alkanes of at least 4 members (excludes halogenated alkanes) is 18. The number of rotatable bonds is 108. The third-order valence-electron chi connectivity index (χ3n) is 21.0. The number of hydrogen-bond donors (Lipinski definition) is 0. The van der Waals surface area contributed by atoms with Crippen LogP contribution in [-0.2, 0) is 147 Å². The highest BCUT2D eigenvalue weighted by molar-refractivity contribution is 5.76. The van der Waals surface area contributed by atoms with E-state index in [-0.39, 0.29) is 30.9 Å². The summed E-state index contributed by atoms with van der Waals surface area (Å²) >= 11 is 0. The molecular formula is C97H181F13O31. The lowest BCUT2D eigenvalue weighted by molar-refractivity contribution is -0.440. The zero-order valence-corrected chi connectivity index (χ0v) is 86.7. The van der Waals surface area contributed by atoms with Gasteiger partial charge in [-0.25, -0.2) is 0 Å². The van der Waals surface area contributed by atoms with Gasteiger partial charge in [0.25, 0.3) is 0 Å². The molecule has 44 heteroatoms. The van der Waals surface area contributed by atoms with E-state index in [2.05, 4.69) is 11.7 Å². The van der Waals surface area contributed by atoms with Gasteiger partial charge in [-0.15, -0.1) is 0 Å². The van der Waals surface area contributed by atoms with Gasteiger partial charge in [0.2, 0.25) is 0 Å². The van der Waals surface area contributed by atoms with Gasteiger partial charge in [0.1, 0.15) is 6.61 Å². The molecule has 0 rings (SSSR count). The van der Waals surface area contributed by atoms with Gasteiger partial charge in [-0.3, -0.25) is 14.4 Å². The first kappa shape index (κ1) is 142. The number of methoxy groups -OCH3 is 1. The Morgan fingerprint density at radius 2 is 0.390 bits per heavy atom. The molecule has 0 aromatic heterocycles. The van der Waals surface area contributed by atoms with Crippen molar-refractivity contribution in [3.05, 3.63) is 0 Å². The second kappa shape index (κ2) is 98.5. The number of hydrogen-bond acceptors (Lipinski definition) is 31. The van der Waals surface area contributed by atoms with E-state index in [1.54, 1.807) is 7.11 Å². The summed E-state index contributed by atoms with van der Waals surface area (Å²) in [7, 11) is 1.64. The van der Waals surface area contributed by atoms with E-state index < -0.39 is 65.6 Å². The van der Waals surface area contributed by atoms with Gasteiger partial charge in [-0.2, -0.15) is 57.1 Å². The van der Waals surface area contributed by atoms with Crippen molar-refractivity contribution in [2.45, 2.75) is 246 Å². The molecule has 1 unspecified atom stereocenters. The van der Waals surface area contributed by atoms with E-state index in [0.29, 0.717) is 330 Å². The summed E-state index contributed by atoms with van der Waals surface area (Å²) in [6.45, 7) is 38.9. The molecule has 0 bridgehead atoms. The van der Waals surface area contributed by atoms with Crippen LogP contribution in [0.3, 0.4) is 0 Å². The van der Waals surface area contributed by atoms with Gasteiger partial charge in [-0.05, 0) is 53.4 Å². The summed E-state index contributed by atoms with van der Waals surface area (Å²) < 4.78 is 319. The van der Waals surface area contributed by atoms with E-state index in [1.807, 2.05) is 34.6 Å². The molecule has 141 heavy (non-hydrogen) atoms. The Bertz CT molecular complexity index is 2670. The monoisotopic (exact) mass is 2090 g/mol. The van der Waals surface area contributed by atoms with Crippen LogP contribution in [0.5, 0.6) is 0 Å². The highest BCUT2D eigenvalue weighted by Gasteiger charge is 2.90. The third kappa shape index (κ3) is 84.0. The molecule has 0 N–H and O–H groups in total. The molecule has 0 saturated heterocycles. The van der Waals surface area contributed by atoms with Crippen molar-refractivity contribution in [1.29, 1.82) is 0 Å². The minimum Gasteiger partial charge on any atom is -0.465 e. The van der Waals surface area contributed by atoms with Crippen molar-refractivity contribution in [2.75, 3.05) is 351 Å². The number of carbonyl (C=O) groups is 3. The lowest BCUT2D eigenvalue weighted by Gasteiger charge is -2.39. The fourth-order valence-corrected chi connectivity index (χ4v) is 11.1. The average molecular weight is 2090 g/mol. The molecule has 0 radical (unpaired) electrons. The smallest absolute Gasteiger partial charge is 0.460 e. The summed E-state index contributed by atoms with van der Waals surface area (Å²) in [5, 5.41) is 0. The van der Waals surface area contributed by atoms with Crippen molar-refractivity contribution in [3.8, 4) is 0 Å². The Balaban J connectivity index is -0.00000268. The Morgan fingerprint density at radius 1 is 0.213 bits per heavy atom. The lowest BCUT2D eigenvalue weighted by atomic mass is 9.90. The maximum atomic E-state index is 13.5. The topological polar surface area (TPSA) is 310 Å². The highest BCUT2D eigenvalue weighted by Crippen LogP contribution is 2.61. The van der Waals surface area contributed by atoms with Crippen molar-refractivity contribution in [1.82, 2.24) is 0 Å². The maximum Gasteiger partial charge on any atom is 0.460 e. The van der Waals surface area contributed by atoms with Crippen molar-refractivity contribution in [2.24, 2.45) is 16.7 Å². The molecule has 0 aromatic rings. The van der Waals surface area contributed by atoms with Gasteiger partial charge < -0.3 is 133 Å². The summed E-state index contributed by atoms with van der Waals surface area (Å²) in [4.78, 5) is 34.9. The average Bonchev–Trinajstić information content (AvgIpc) is 0.710. The van der Waals surface area contributed by atoms with Crippen LogP contribution in [-0.4, -0.2) is 404 Å². The molecule has 0 fully saturated rings. The summed E-state index contributed by atoms with van der Waals surface area (Å²) in [5.74, 6) is -38.6. The third-order valence-corrected chi connectivity index (χ3v) is 21.0. The fourth-order valence-electron chi connectivity index (χ4n) is 11.1. The van der Waals surface area contributed by atoms with Crippen molar-refractivity contribution in [3.63, 3.8) is 0 Å². The molecule has 0 aliphatic heterocycles. The van der Waals surface area contributed by atoms with Crippen LogP contribution in [0.1, 0.15) is 210 Å². The molecule has 0 spiro atoms. The number of carbonyl (C=O) groups excluding carboxylic acids is 3. The molecular weight excluding hydrogens is 1910 g/mol. The first-order valence-corrected chi connectivity index (χ1v) is 50.5. The molecule has 0 amide bonds. The van der Waals surface area contributed by atoms with Crippen molar-refractivity contribution >= 4 is 17.9 Å². The van der Waals surface area contributed by atoms with Crippen LogP contribution in [0.15, 0.2) is 0 Å². The molecule has 0 aromatic carbocycles. The van der Waals surface area contributed by atoms with E-state index in [1.165, 1.54) is 136 Å². The highest BCUT2D eigenvalue weighted by atomic mass is 19.4. The Kier molecular flexibility index (Phi) is 98.9. The van der Waals surface area contributed by atoms with Crippen LogP contribution in [0, 0.1) is 16.7 Å². The first-order chi connectivity index (χ1) is 67.7. The van der Waals surface area contributed by atoms with E-state index >= 15 is 0 Å². The zero-order chi connectivity index (χ0) is 105. The SMILES string of the molecule is CCC(C)(C)C(=O)OCCC(F)(F)C(F)(F)C(F)(F)C(F)(F)C(F)(F)C(F)(F)F.CCC(C)(C)C(=O)OCCOCCOCCOCCOCCOCCOCCOCCOCCOCCOCCOCCOCCOCCOCCOCCOCCOCCOCCOCCOCCOCCOCCOCCOCCOC.CCCCCCCCCCCCCCCCCCCCCOC(=O)C(C)CC. The summed E-state index contributed by atoms with van der Waals surface area (Å²) in [6, 6.07) is 0. The molecule has 31 nitrogen and oxygen atoms in total. The molecule has 0 aliphatic carbocycles. The molecule has 0 saturated carbocycles. The van der Waals surface area contributed by atoms with Crippen LogP contribution in [0.2, 0.25) is 0 Å². The predicted molar refractivity (Wildman–Crippen MR) is 501 cm³/mol. The molecule has 0 heterocycles. The molecule has 0 aliphatic rings. The second-order valence-corrected chi connectivity index (χ2v) is 33.5. The largest absolute Gasteiger partial charge is 0.465 e. The summed E-state index contributed by atoms with van der Waals surface area (Å²) in [6.07, 6.45) is 18.0.